The lowest BCUT2D eigenvalue weighted by molar-refractivity contribution is -0.137. The number of para-hydroxylation sites is 1. The summed E-state index contributed by atoms with van der Waals surface area (Å²) in [7, 11) is 1.58. The molecule has 0 fully saturated rings. The van der Waals surface area contributed by atoms with E-state index in [1.54, 1.807) is 25.3 Å². The lowest BCUT2D eigenvalue weighted by Gasteiger charge is -2.24. The lowest BCUT2D eigenvalue weighted by Crippen LogP contribution is -2.30. The first-order valence-corrected chi connectivity index (χ1v) is 8.35. The normalized spacial score (nSPS) is 15.4. The highest BCUT2D eigenvalue weighted by molar-refractivity contribution is 7.98. The quantitative estimate of drug-likeness (QED) is 0.621. The number of nitrogens with zero attached hydrogens (tertiary/aromatic N) is 1. The molecule has 25 heavy (non-hydrogen) atoms. The first-order valence-electron chi connectivity index (χ1n) is 7.53. The molecule has 2 N–H and O–H groups in total. The topological polar surface area (TPSA) is 45.6 Å². The van der Waals surface area contributed by atoms with Crippen molar-refractivity contribution in [3.8, 4) is 11.1 Å². The van der Waals surface area contributed by atoms with E-state index in [4.69, 9.17) is 4.74 Å². The molecule has 0 bridgehead atoms. The van der Waals surface area contributed by atoms with Crippen molar-refractivity contribution in [2.24, 2.45) is 4.99 Å². The maximum absolute atomic E-state index is 13.4. The molecule has 8 heteroatoms. The third-order valence-electron chi connectivity index (χ3n) is 3.62. The molecule has 1 heterocycles. The van der Waals surface area contributed by atoms with Crippen LogP contribution in [0, 0.1) is 0 Å². The lowest BCUT2D eigenvalue weighted by atomic mass is 9.97. The molecular formula is C17H16F3N3OS. The van der Waals surface area contributed by atoms with Gasteiger partial charge in [0.1, 0.15) is 0 Å². The molecule has 0 unspecified atom stereocenters. The molecule has 1 aliphatic heterocycles. The Labute approximate surface area is 147 Å². The molecule has 0 radical (unpaired) electrons. The number of nitrogens with one attached hydrogen (secondary N) is 2. The molecule has 132 valence electrons. The minimum absolute atomic E-state index is 0.137. The van der Waals surface area contributed by atoms with Crippen LogP contribution < -0.4 is 10.0 Å². The number of halogens is 3. The van der Waals surface area contributed by atoms with E-state index in [-0.39, 0.29) is 5.56 Å². The molecule has 0 saturated carbocycles. The molecule has 0 aliphatic carbocycles. The first-order chi connectivity index (χ1) is 12.0. The number of hydrogen-bond donors (Lipinski definition) is 2. The predicted molar refractivity (Wildman–Crippen MR) is 93.7 cm³/mol. The van der Waals surface area contributed by atoms with Gasteiger partial charge in [0.15, 0.2) is 0 Å². The number of ether oxygens (including phenoxy) is 1. The maximum Gasteiger partial charge on any atom is 0.417 e. The summed E-state index contributed by atoms with van der Waals surface area (Å²) in [4.78, 5) is 5.11. The molecule has 0 spiro atoms. The van der Waals surface area contributed by atoms with Gasteiger partial charge in [-0.25, -0.2) is 4.99 Å². The van der Waals surface area contributed by atoms with Gasteiger partial charge < -0.3 is 10.1 Å². The molecule has 0 aromatic heterocycles. The van der Waals surface area contributed by atoms with Crippen LogP contribution in [0.2, 0.25) is 0 Å². The molecule has 0 amide bonds. The Kier molecular flexibility index (Phi) is 5.19. The van der Waals surface area contributed by atoms with Crippen molar-refractivity contribution < 1.29 is 17.9 Å². The summed E-state index contributed by atoms with van der Waals surface area (Å²) >= 11 is 1.31. The fraction of sp³-hybridized carbons (Fsp3) is 0.235. The number of alkyl halides is 3. The van der Waals surface area contributed by atoms with Gasteiger partial charge in [-0.1, -0.05) is 30.3 Å². The summed E-state index contributed by atoms with van der Waals surface area (Å²) in [6.45, 7) is 0.909. The van der Waals surface area contributed by atoms with E-state index in [1.807, 2.05) is 6.07 Å². The van der Waals surface area contributed by atoms with Crippen LogP contribution in [-0.4, -0.2) is 26.2 Å². The van der Waals surface area contributed by atoms with Crippen molar-refractivity contribution in [3.05, 3.63) is 48.0 Å². The highest BCUT2D eigenvalue weighted by Gasteiger charge is 2.34. The third kappa shape index (κ3) is 3.91. The van der Waals surface area contributed by atoms with Crippen LogP contribution in [0.5, 0.6) is 0 Å². The Balaban J connectivity index is 2.03. The number of guanidine groups is 1. The zero-order valence-electron chi connectivity index (χ0n) is 13.4. The van der Waals surface area contributed by atoms with Crippen LogP contribution in [0.25, 0.3) is 11.1 Å². The number of benzene rings is 2. The summed E-state index contributed by atoms with van der Waals surface area (Å²) in [5, 5.41) is 3.10. The Morgan fingerprint density at radius 1 is 1.08 bits per heavy atom. The van der Waals surface area contributed by atoms with Crippen molar-refractivity contribution in [1.29, 1.82) is 0 Å². The summed E-state index contributed by atoms with van der Waals surface area (Å²) in [6.07, 6.45) is -4.42. The molecule has 2 aromatic rings. The Hall–Kier alpha value is -2.19. The number of aliphatic imine (C=N–C) groups is 1. The predicted octanol–water partition coefficient (Wildman–Crippen LogP) is 4.40. The van der Waals surface area contributed by atoms with E-state index < -0.39 is 11.7 Å². The second-order valence-corrected chi connectivity index (χ2v) is 6.12. The molecule has 4 nitrogen and oxygen atoms in total. The molecule has 3 rings (SSSR count). The molecule has 0 saturated heterocycles. The number of rotatable bonds is 4. The minimum atomic E-state index is -4.42. The van der Waals surface area contributed by atoms with Gasteiger partial charge in [-0.2, -0.15) is 13.2 Å². The fourth-order valence-corrected chi connectivity index (χ4v) is 3.23. The van der Waals surface area contributed by atoms with Crippen molar-refractivity contribution in [3.63, 3.8) is 0 Å². The van der Waals surface area contributed by atoms with Crippen LogP contribution in [-0.2, 0) is 10.9 Å². The number of methoxy groups -OCH3 is 1. The summed E-state index contributed by atoms with van der Waals surface area (Å²) in [5.74, 6) is 0.492. The third-order valence-corrected chi connectivity index (χ3v) is 4.47. The van der Waals surface area contributed by atoms with E-state index in [2.05, 4.69) is 15.0 Å². The fourth-order valence-electron chi connectivity index (χ4n) is 2.50. The summed E-state index contributed by atoms with van der Waals surface area (Å²) in [5.41, 5.74) is 0.572. The van der Waals surface area contributed by atoms with E-state index in [9.17, 15) is 13.2 Å². The second kappa shape index (κ2) is 7.37. The monoisotopic (exact) mass is 367 g/mol. The van der Waals surface area contributed by atoms with Gasteiger partial charge in [-0.05, 0) is 29.6 Å². The van der Waals surface area contributed by atoms with E-state index in [0.29, 0.717) is 30.4 Å². The largest absolute Gasteiger partial charge is 0.417 e. The Morgan fingerprint density at radius 3 is 2.60 bits per heavy atom. The van der Waals surface area contributed by atoms with E-state index in [0.717, 1.165) is 11.0 Å². The Bertz CT molecular complexity index is 793. The molecular weight excluding hydrogens is 351 g/mol. The van der Waals surface area contributed by atoms with Gasteiger partial charge in [0.05, 0.1) is 29.3 Å². The maximum atomic E-state index is 13.4. The van der Waals surface area contributed by atoms with Gasteiger partial charge in [0.25, 0.3) is 0 Å². The molecule has 2 aromatic carbocycles. The van der Waals surface area contributed by atoms with Crippen molar-refractivity contribution in [2.45, 2.75) is 11.1 Å². The second-order valence-electron chi connectivity index (χ2n) is 5.27. The zero-order chi connectivity index (χ0) is 17.9. The standard InChI is InChI=1S/C17H16F3N3OS/c1-24-10-9-21-16-22-15-12(6-4-8-14(15)25-23-16)11-5-2-3-7-13(11)17(18,19)20/h2-8H,9-10H2,1H3,(H2,21,22,23). The zero-order valence-corrected chi connectivity index (χ0v) is 14.2. The number of anilines is 1. The molecule has 1 aliphatic rings. The van der Waals surface area contributed by atoms with Crippen molar-refractivity contribution in [1.82, 2.24) is 4.72 Å². The van der Waals surface area contributed by atoms with Crippen LogP contribution >= 0.6 is 11.9 Å². The summed E-state index contributed by atoms with van der Waals surface area (Å²) in [6, 6.07) is 10.8. The van der Waals surface area contributed by atoms with Crippen molar-refractivity contribution in [2.75, 3.05) is 25.6 Å². The van der Waals surface area contributed by atoms with Crippen LogP contribution in [0.3, 0.4) is 0 Å². The van der Waals surface area contributed by atoms with Gasteiger partial charge in [0.2, 0.25) is 5.96 Å². The van der Waals surface area contributed by atoms with Crippen LogP contribution in [0.4, 0.5) is 18.9 Å². The first kappa shape index (κ1) is 17.6. The highest BCUT2D eigenvalue weighted by atomic mass is 32.2. The van der Waals surface area contributed by atoms with Crippen LogP contribution in [0.1, 0.15) is 5.56 Å². The van der Waals surface area contributed by atoms with Crippen LogP contribution in [0.15, 0.2) is 52.4 Å². The number of fused-ring (bicyclic) bond motifs is 1. The highest BCUT2D eigenvalue weighted by Crippen LogP contribution is 2.43. The SMILES string of the molecule is COCCN=C1NSc2cccc(-c3ccccc3C(F)(F)F)c2N1. The number of hydrogen-bond acceptors (Lipinski definition) is 3. The van der Waals surface area contributed by atoms with Gasteiger partial charge in [0, 0.05) is 12.7 Å². The smallest absolute Gasteiger partial charge is 0.383 e. The Morgan fingerprint density at radius 2 is 1.84 bits per heavy atom. The molecule has 0 atom stereocenters. The van der Waals surface area contributed by atoms with Gasteiger partial charge in [-0.3, -0.25) is 4.72 Å². The van der Waals surface area contributed by atoms with Gasteiger partial charge >= 0.3 is 6.18 Å². The average molecular weight is 367 g/mol. The summed E-state index contributed by atoms with van der Waals surface area (Å²) < 4.78 is 48.1. The van der Waals surface area contributed by atoms with Crippen molar-refractivity contribution >= 4 is 23.6 Å². The van der Waals surface area contributed by atoms with E-state index >= 15 is 0 Å². The van der Waals surface area contributed by atoms with Gasteiger partial charge in [-0.15, -0.1) is 0 Å². The average Bonchev–Trinajstić information content (AvgIpc) is 2.61. The minimum Gasteiger partial charge on any atom is -0.383 e. The van der Waals surface area contributed by atoms with E-state index in [1.165, 1.54) is 24.1 Å².